The number of rotatable bonds is 5. The van der Waals surface area contributed by atoms with Gasteiger partial charge in [0, 0.05) is 48.9 Å². The maximum atomic E-state index is 9.79. The number of fused-ring (bicyclic) bond motifs is 5. The molecule has 0 bridgehead atoms. The van der Waals surface area contributed by atoms with Gasteiger partial charge in [-0.2, -0.15) is 0 Å². The van der Waals surface area contributed by atoms with Gasteiger partial charge in [-0.1, -0.05) is 97.4 Å². The monoisotopic (exact) mass is 838 g/mol. The standard InChI is InChI=1S/C58H65N3O2/c1-33-19-38(6)51(39(7)20-33)40-26-41(53-60-57(16)31-42-24-36(4)37(5)25-47(42)58(57,63-53)55(11,12)13)28-46(27-40)62-45-22-34(2)21-44(30-45)61-50-18-17-43(54(8,9)10)29-48(50)56(14,15)49-23-35(3)32-59-52(49)61/h17-30,32H,31H2,1-16H3/t57-,58-/m1/s1/i31D2. The third kappa shape index (κ3) is 6.71. The molecule has 0 N–H and O–H groups in total. The van der Waals surface area contributed by atoms with E-state index in [1.165, 1.54) is 22.3 Å². The third-order valence-electron chi connectivity index (χ3n) is 14.0. The number of aliphatic imine (C=N–C) groups is 1. The van der Waals surface area contributed by atoms with Crippen molar-refractivity contribution < 1.29 is 12.2 Å². The van der Waals surface area contributed by atoms with E-state index in [9.17, 15) is 2.74 Å². The molecular weight excluding hydrogens is 771 g/mol. The minimum atomic E-state index is -1.81. The van der Waals surface area contributed by atoms with Crippen LogP contribution in [0.15, 0.2) is 96.1 Å². The lowest BCUT2D eigenvalue weighted by Crippen LogP contribution is -2.52. The molecule has 6 aromatic rings. The Hall–Kier alpha value is -5.68. The molecule has 0 unspecified atom stereocenters. The number of nitrogens with zero attached hydrogens (tertiary/aromatic N) is 3. The van der Waals surface area contributed by atoms with Crippen molar-refractivity contribution in [1.82, 2.24) is 4.98 Å². The topological polar surface area (TPSA) is 47.0 Å². The van der Waals surface area contributed by atoms with Crippen LogP contribution < -0.4 is 9.64 Å². The summed E-state index contributed by atoms with van der Waals surface area (Å²) in [7, 11) is 0. The fourth-order valence-corrected chi connectivity index (χ4v) is 10.9. The van der Waals surface area contributed by atoms with Gasteiger partial charge in [-0.3, -0.25) is 4.90 Å². The van der Waals surface area contributed by atoms with Gasteiger partial charge in [-0.15, -0.1) is 0 Å². The summed E-state index contributed by atoms with van der Waals surface area (Å²) in [5.41, 5.74) is 14.9. The normalized spacial score (nSPS) is 21.1. The van der Waals surface area contributed by atoms with Gasteiger partial charge in [-0.05, 0) is 164 Å². The van der Waals surface area contributed by atoms with Crippen molar-refractivity contribution in [2.45, 2.75) is 139 Å². The second-order valence-corrected chi connectivity index (χ2v) is 21.6. The largest absolute Gasteiger partial charge is 0.463 e. The predicted octanol–water partition coefficient (Wildman–Crippen LogP) is 15.1. The molecule has 5 aromatic carbocycles. The second kappa shape index (κ2) is 14.2. The molecule has 324 valence electrons. The number of pyridine rings is 1. The fourth-order valence-electron chi connectivity index (χ4n) is 10.9. The highest BCUT2D eigenvalue weighted by Gasteiger charge is 2.67. The molecule has 3 aliphatic rings. The van der Waals surface area contributed by atoms with Crippen molar-refractivity contribution in [2.24, 2.45) is 10.4 Å². The first-order chi connectivity index (χ1) is 30.2. The Morgan fingerprint density at radius 3 is 1.98 bits per heavy atom. The van der Waals surface area contributed by atoms with Crippen LogP contribution in [0.2, 0.25) is 0 Å². The average Bonchev–Trinajstić information content (AvgIpc) is 3.60. The van der Waals surface area contributed by atoms with Gasteiger partial charge in [0.2, 0.25) is 5.90 Å². The molecule has 1 aliphatic carbocycles. The van der Waals surface area contributed by atoms with Gasteiger partial charge < -0.3 is 9.47 Å². The highest BCUT2D eigenvalue weighted by Crippen LogP contribution is 2.62. The summed E-state index contributed by atoms with van der Waals surface area (Å²) in [5.74, 6) is 2.64. The van der Waals surface area contributed by atoms with Crippen LogP contribution in [0.5, 0.6) is 11.5 Å². The first-order valence-electron chi connectivity index (χ1n) is 23.5. The van der Waals surface area contributed by atoms with Crippen LogP contribution >= 0.6 is 0 Å². The maximum absolute atomic E-state index is 9.79. The number of hydrogen-bond acceptors (Lipinski definition) is 5. The van der Waals surface area contributed by atoms with E-state index < -0.39 is 22.9 Å². The average molecular weight is 838 g/mol. The molecule has 3 heterocycles. The van der Waals surface area contributed by atoms with E-state index in [0.717, 1.165) is 72.8 Å². The zero-order valence-corrected chi connectivity index (χ0v) is 40.3. The summed E-state index contributed by atoms with van der Waals surface area (Å²) in [5, 5.41) is 0. The predicted molar refractivity (Wildman–Crippen MR) is 262 cm³/mol. The van der Waals surface area contributed by atoms with Crippen LogP contribution in [0.1, 0.15) is 137 Å². The lowest BCUT2D eigenvalue weighted by atomic mass is 9.65. The van der Waals surface area contributed by atoms with Gasteiger partial charge in [0.25, 0.3) is 0 Å². The molecule has 2 aliphatic heterocycles. The molecule has 63 heavy (non-hydrogen) atoms. The molecule has 0 spiro atoms. The van der Waals surface area contributed by atoms with E-state index in [2.05, 4.69) is 175 Å². The van der Waals surface area contributed by atoms with Crippen LogP contribution in [-0.2, 0) is 27.5 Å². The number of ether oxygens (including phenoxy) is 2. The van der Waals surface area contributed by atoms with Gasteiger partial charge in [0.1, 0.15) is 22.9 Å². The van der Waals surface area contributed by atoms with Crippen LogP contribution in [0, 0.1) is 53.9 Å². The van der Waals surface area contributed by atoms with Crippen molar-refractivity contribution in [3.05, 3.63) is 163 Å². The lowest BCUT2D eigenvalue weighted by Gasteiger charge is -2.46. The van der Waals surface area contributed by atoms with Crippen molar-refractivity contribution >= 4 is 23.1 Å². The van der Waals surface area contributed by atoms with Gasteiger partial charge in [-0.25, -0.2) is 9.98 Å². The first-order valence-corrected chi connectivity index (χ1v) is 22.5. The van der Waals surface area contributed by atoms with E-state index in [1.54, 1.807) is 0 Å². The second-order valence-electron chi connectivity index (χ2n) is 21.6. The van der Waals surface area contributed by atoms with Crippen LogP contribution in [0.3, 0.4) is 0 Å². The van der Waals surface area contributed by atoms with E-state index in [-0.39, 0.29) is 10.8 Å². The molecular formula is C58H65N3O2. The van der Waals surface area contributed by atoms with E-state index in [4.69, 9.17) is 19.5 Å². The number of hydrogen-bond donors (Lipinski definition) is 0. The lowest BCUT2D eigenvalue weighted by molar-refractivity contribution is -0.0724. The maximum Gasteiger partial charge on any atom is 0.217 e. The smallest absolute Gasteiger partial charge is 0.217 e. The van der Waals surface area contributed by atoms with E-state index in [0.29, 0.717) is 23.0 Å². The molecule has 0 radical (unpaired) electrons. The van der Waals surface area contributed by atoms with E-state index in [1.807, 2.05) is 32.2 Å². The van der Waals surface area contributed by atoms with Crippen molar-refractivity contribution in [3.63, 3.8) is 0 Å². The Morgan fingerprint density at radius 1 is 0.651 bits per heavy atom. The van der Waals surface area contributed by atoms with Crippen LogP contribution in [-0.4, -0.2) is 16.4 Å². The molecule has 0 fully saturated rings. The minimum Gasteiger partial charge on any atom is -0.463 e. The molecule has 0 amide bonds. The summed E-state index contributed by atoms with van der Waals surface area (Å²) in [4.78, 5) is 12.8. The molecule has 1 aromatic heterocycles. The summed E-state index contributed by atoms with van der Waals surface area (Å²) in [6, 6.07) is 30.4. The van der Waals surface area contributed by atoms with Crippen LogP contribution in [0.4, 0.5) is 17.2 Å². The van der Waals surface area contributed by atoms with Gasteiger partial charge in [0.05, 0.1) is 11.4 Å². The van der Waals surface area contributed by atoms with Crippen LogP contribution in [0.25, 0.3) is 11.1 Å². The summed E-state index contributed by atoms with van der Waals surface area (Å²) in [6.45, 7) is 34.6. The summed E-state index contributed by atoms with van der Waals surface area (Å²) < 4.78 is 34.0. The van der Waals surface area contributed by atoms with Gasteiger partial charge >= 0.3 is 0 Å². The zero-order chi connectivity index (χ0) is 47.1. The van der Waals surface area contributed by atoms with Crippen molar-refractivity contribution in [1.29, 1.82) is 0 Å². The Kier molecular flexibility index (Phi) is 9.02. The number of benzene rings is 5. The summed E-state index contributed by atoms with van der Waals surface area (Å²) in [6.07, 6.45) is 0.155. The van der Waals surface area contributed by atoms with E-state index >= 15 is 0 Å². The molecule has 5 nitrogen and oxygen atoms in total. The Balaban J connectivity index is 1.21. The molecule has 2 atom stereocenters. The zero-order valence-electron chi connectivity index (χ0n) is 42.3. The first kappa shape index (κ1) is 40.1. The Bertz CT molecular complexity index is 3000. The number of aryl methyl sites for hydroxylation is 7. The molecule has 5 heteroatoms. The Morgan fingerprint density at radius 2 is 1.30 bits per heavy atom. The SMILES string of the molecule is [2H]C1([2H])c2cc(C)c(C)cc2[C@]2(C(C)(C)C)OC(c3cc(Oc4cc(C)cc(N5c6ccc(C(C)(C)C)cc6C(C)(C)c6cc(C)cnc65)c4)cc(-c4c(C)cc(C)cc4C)c3)=N[C@]12C. The highest BCUT2D eigenvalue weighted by molar-refractivity contribution is 5.99. The quantitative estimate of drug-likeness (QED) is 0.174. The highest BCUT2D eigenvalue weighted by atomic mass is 16.5. The third-order valence-corrected chi connectivity index (χ3v) is 14.0. The molecule has 0 saturated carbocycles. The van der Waals surface area contributed by atoms with Crippen molar-refractivity contribution in [2.75, 3.05) is 4.90 Å². The molecule has 0 saturated heterocycles. The summed E-state index contributed by atoms with van der Waals surface area (Å²) >= 11 is 0. The number of aromatic nitrogens is 1. The fraction of sp³-hybridized carbons (Fsp3) is 0.379. The molecule has 9 rings (SSSR count). The Labute approximate surface area is 379 Å². The van der Waals surface area contributed by atoms with Crippen molar-refractivity contribution in [3.8, 4) is 22.6 Å². The van der Waals surface area contributed by atoms with Gasteiger partial charge in [0.15, 0.2) is 5.60 Å². The minimum absolute atomic E-state index is 0.0123. The number of anilines is 3.